The lowest BCUT2D eigenvalue weighted by Gasteiger charge is -2.26. The van der Waals surface area contributed by atoms with E-state index >= 15 is 0 Å². The Morgan fingerprint density at radius 1 is 1.38 bits per heavy atom. The van der Waals surface area contributed by atoms with E-state index in [1.54, 1.807) is 4.68 Å². The lowest BCUT2D eigenvalue weighted by molar-refractivity contribution is 0.153. The summed E-state index contributed by atoms with van der Waals surface area (Å²) in [5, 5.41) is 4.46. The van der Waals surface area contributed by atoms with Crippen LogP contribution in [0.25, 0.3) is 11.5 Å². The number of hydrogen-bond acceptors (Lipinski definition) is 6. The van der Waals surface area contributed by atoms with E-state index in [4.69, 9.17) is 16.6 Å². The van der Waals surface area contributed by atoms with Gasteiger partial charge >= 0.3 is 0 Å². The first-order valence-electron chi connectivity index (χ1n) is 8.06. The molecule has 1 aromatic heterocycles. The van der Waals surface area contributed by atoms with Crippen LogP contribution >= 0.6 is 12.2 Å². The zero-order valence-corrected chi connectivity index (χ0v) is 15.2. The molecule has 0 spiro atoms. The zero-order valence-electron chi connectivity index (χ0n) is 13.6. The van der Waals surface area contributed by atoms with Crippen LogP contribution in [0.5, 0.6) is 0 Å². The Labute approximate surface area is 147 Å². The molecule has 1 saturated heterocycles. The molecule has 2 heterocycles. The van der Waals surface area contributed by atoms with Gasteiger partial charge in [-0.3, -0.25) is 4.90 Å². The number of sulfone groups is 1. The Morgan fingerprint density at radius 3 is 2.75 bits per heavy atom. The van der Waals surface area contributed by atoms with Gasteiger partial charge in [0.05, 0.1) is 18.2 Å². The molecule has 0 radical (unpaired) electrons. The molecule has 1 aliphatic heterocycles. The van der Waals surface area contributed by atoms with Gasteiger partial charge in [0.2, 0.25) is 5.89 Å². The summed E-state index contributed by atoms with van der Waals surface area (Å²) in [4.78, 5) is 2.44. The van der Waals surface area contributed by atoms with E-state index in [-0.39, 0.29) is 17.5 Å². The fourth-order valence-corrected chi connectivity index (χ4v) is 4.92. The van der Waals surface area contributed by atoms with Crippen molar-refractivity contribution in [1.82, 2.24) is 14.7 Å². The Hall–Kier alpha value is -1.51. The van der Waals surface area contributed by atoms with Crippen molar-refractivity contribution in [3.63, 3.8) is 0 Å². The lowest BCUT2D eigenvalue weighted by atomic mass is 10.2. The molecule has 0 aliphatic carbocycles. The molecule has 1 unspecified atom stereocenters. The predicted molar refractivity (Wildman–Crippen MR) is 94.8 cm³/mol. The highest BCUT2D eigenvalue weighted by molar-refractivity contribution is 7.91. The summed E-state index contributed by atoms with van der Waals surface area (Å²) in [7, 11) is -2.92. The lowest BCUT2D eigenvalue weighted by Crippen LogP contribution is -2.38. The third kappa shape index (κ3) is 3.93. The van der Waals surface area contributed by atoms with Crippen molar-refractivity contribution < 1.29 is 12.8 Å². The number of benzene rings is 1. The second kappa shape index (κ2) is 7.16. The maximum atomic E-state index is 11.8. The second-order valence-electron chi connectivity index (χ2n) is 6.05. The number of rotatable bonds is 6. The number of hydrogen-bond donors (Lipinski definition) is 0. The minimum absolute atomic E-state index is 0.0220. The fraction of sp³-hybridized carbons (Fsp3) is 0.500. The molecular weight excluding hydrogens is 346 g/mol. The fourth-order valence-electron chi connectivity index (χ4n) is 2.98. The van der Waals surface area contributed by atoms with Crippen LogP contribution in [0.3, 0.4) is 0 Å². The van der Waals surface area contributed by atoms with Crippen LogP contribution in [-0.2, 0) is 16.5 Å². The van der Waals surface area contributed by atoms with Crippen LogP contribution in [0.15, 0.2) is 34.7 Å². The van der Waals surface area contributed by atoms with Gasteiger partial charge in [-0.05, 0) is 43.7 Å². The van der Waals surface area contributed by atoms with E-state index in [9.17, 15) is 8.42 Å². The van der Waals surface area contributed by atoms with E-state index in [2.05, 4.69) is 16.9 Å². The molecule has 2 aromatic rings. The third-order valence-electron chi connectivity index (χ3n) is 4.18. The highest BCUT2D eigenvalue weighted by atomic mass is 32.2. The van der Waals surface area contributed by atoms with E-state index in [1.165, 1.54) is 0 Å². The molecule has 8 heteroatoms. The molecule has 3 rings (SSSR count). The van der Waals surface area contributed by atoms with Gasteiger partial charge in [0, 0.05) is 11.6 Å². The molecule has 6 nitrogen and oxygen atoms in total. The zero-order chi connectivity index (χ0) is 17.2. The maximum absolute atomic E-state index is 11.8. The minimum atomic E-state index is -2.92. The van der Waals surface area contributed by atoms with Gasteiger partial charge in [-0.2, -0.15) is 0 Å². The van der Waals surface area contributed by atoms with Gasteiger partial charge < -0.3 is 4.42 Å². The summed E-state index contributed by atoms with van der Waals surface area (Å²) in [6, 6.07) is 9.61. The van der Waals surface area contributed by atoms with Crippen LogP contribution in [0.2, 0.25) is 0 Å². The van der Waals surface area contributed by atoms with Crippen LogP contribution in [0, 0.1) is 4.84 Å². The molecule has 0 N–H and O–H groups in total. The molecule has 1 atom stereocenters. The van der Waals surface area contributed by atoms with Crippen LogP contribution in [0.1, 0.15) is 19.8 Å². The average molecular weight is 367 g/mol. The first-order valence-corrected chi connectivity index (χ1v) is 10.3. The Kier molecular flexibility index (Phi) is 5.17. The van der Waals surface area contributed by atoms with Crippen molar-refractivity contribution in [2.75, 3.05) is 18.1 Å². The number of nitrogens with zero attached hydrogens (tertiary/aromatic N) is 3. The average Bonchev–Trinajstić information content (AvgIpc) is 3.10. The second-order valence-corrected chi connectivity index (χ2v) is 8.63. The van der Waals surface area contributed by atoms with E-state index < -0.39 is 9.84 Å². The van der Waals surface area contributed by atoms with E-state index in [0.717, 1.165) is 18.5 Å². The van der Waals surface area contributed by atoms with Gasteiger partial charge in [-0.1, -0.05) is 25.1 Å². The quantitative estimate of drug-likeness (QED) is 0.731. The van der Waals surface area contributed by atoms with Gasteiger partial charge in [-0.15, -0.1) is 5.10 Å². The predicted octanol–water partition coefficient (Wildman–Crippen LogP) is 2.73. The summed E-state index contributed by atoms with van der Waals surface area (Å²) in [6.07, 6.45) is 1.60. The first-order chi connectivity index (χ1) is 11.5. The highest BCUT2D eigenvalue weighted by Gasteiger charge is 2.32. The Morgan fingerprint density at radius 2 is 2.12 bits per heavy atom. The van der Waals surface area contributed by atoms with Crippen molar-refractivity contribution in [3.05, 3.63) is 35.2 Å². The SMILES string of the molecule is CCCN(Cn1nc(-c2ccccc2)oc1=S)C1CCS(=O)(=O)C1. The normalized spacial score (nSPS) is 19.8. The smallest absolute Gasteiger partial charge is 0.288 e. The van der Waals surface area contributed by atoms with Crippen LogP contribution in [-0.4, -0.2) is 47.2 Å². The van der Waals surface area contributed by atoms with Gasteiger partial charge in [0.25, 0.3) is 4.84 Å². The molecule has 24 heavy (non-hydrogen) atoms. The van der Waals surface area contributed by atoms with Crippen LogP contribution in [0.4, 0.5) is 0 Å². The van der Waals surface area contributed by atoms with Crippen molar-refractivity contribution in [3.8, 4) is 11.5 Å². The van der Waals surface area contributed by atoms with Crippen molar-refractivity contribution in [2.45, 2.75) is 32.5 Å². The van der Waals surface area contributed by atoms with Crippen molar-refractivity contribution >= 4 is 22.1 Å². The molecule has 0 amide bonds. The molecule has 1 aliphatic rings. The number of aromatic nitrogens is 2. The highest BCUT2D eigenvalue weighted by Crippen LogP contribution is 2.21. The topological polar surface area (TPSA) is 68.3 Å². The monoisotopic (exact) mass is 367 g/mol. The van der Waals surface area contributed by atoms with Gasteiger partial charge in [-0.25, -0.2) is 13.1 Å². The van der Waals surface area contributed by atoms with Crippen molar-refractivity contribution in [1.29, 1.82) is 0 Å². The molecular formula is C16H21N3O3S2. The summed E-state index contributed by atoms with van der Waals surface area (Å²) < 4.78 is 30.8. The summed E-state index contributed by atoms with van der Waals surface area (Å²) in [5.74, 6) is 0.956. The first kappa shape index (κ1) is 17.3. The summed E-state index contributed by atoms with van der Waals surface area (Å²) in [5.41, 5.74) is 0.868. The minimum Gasteiger partial charge on any atom is -0.409 e. The van der Waals surface area contributed by atoms with Crippen molar-refractivity contribution in [2.24, 2.45) is 0 Å². The van der Waals surface area contributed by atoms with E-state index in [1.807, 2.05) is 30.3 Å². The standard InChI is InChI=1S/C16H21N3O3S2/c1-2-9-18(14-8-10-24(20,21)11-14)12-19-16(23)22-15(17-19)13-6-4-3-5-7-13/h3-7,14H,2,8-12H2,1H3. The van der Waals surface area contributed by atoms with Gasteiger partial charge in [0.15, 0.2) is 9.84 Å². The Balaban J connectivity index is 1.81. The van der Waals surface area contributed by atoms with Gasteiger partial charge in [0.1, 0.15) is 0 Å². The largest absolute Gasteiger partial charge is 0.409 e. The Bertz CT molecular complexity index is 843. The molecule has 1 aromatic carbocycles. The molecule has 1 fully saturated rings. The van der Waals surface area contributed by atoms with Crippen LogP contribution < -0.4 is 0 Å². The molecule has 0 saturated carbocycles. The van der Waals surface area contributed by atoms with E-state index in [0.29, 0.717) is 23.8 Å². The third-order valence-corrected chi connectivity index (χ3v) is 6.22. The molecule has 0 bridgehead atoms. The summed E-state index contributed by atoms with van der Waals surface area (Å²) in [6.45, 7) is 3.33. The summed E-state index contributed by atoms with van der Waals surface area (Å²) >= 11 is 5.28. The maximum Gasteiger partial charge on any atom is 0.288 e. The molecule has 130 valence electrons.